The van der Waals surface area contributed by atoms with E-state index in [0.717, 1.165) is 12.0 Å². The zero-order valence-electron chi connectivity index (χ0n) is 8.60. The molecule has 1 saturated heterocycles. The van der Waals surface area contributed by atoms with Crippen LogP contribution in [0.1, 0.15) is 25.8 Å². The Bertz CT molecular complexity index is 309. The molecule has 1 fully saturated rings. The van der Waals surface area contributed by atoms with Crippen LogP contribution >= 0.6 is 0 Å². The highest BCUT2D eigenvalue weighted by molar-refractivity contribution is 5.21. The SMILES string of the molecule is C[C@@H]1C[C@H](C)OC1(O)c1ccccc1. The Morgan fingerprint density at radius 2 is 1.93 bits per heavy atom. The van der Waals surface area contributed by atoms with Crippen LogP contribution < -0.4 is 0 Å². The minimum absolute atomic E-state index is 0.134. The Labute approximate surface area is 84.5 Å². The van der Waals surface area contributed by atoms with Crippen molar-refractivity contribution in [2.75, 3.05) is 0 Å². The highest BCUT2D eigenvalue weighted by Crippen LogP contribution is 2.41. The van der Waals surface area contributed by atoms with Gasteiger partial charge >= 0.3 is 0 Å². The van der Waals surface area contributed by atoms with Crippen molar-refractivity contribution in [3.63, 3.8) is 0 Å². The van der Waals surface area contributed by atoms with Gasteiger partial charge in [-0.2, -0.15) is 0 Å². The van der Waals surface area contributed by atoms with Gasteiger partial charge in [-0.1, -0.05) is 37.3 Å². The van der Waals surface area contributed by atoms with E-state index in [4.69, 9.17) is 4.74 Å². The molecule has 2 heteroatoms. The van der Waals surface area contributed by atoms with Crippen molar-refractivity contribution >= 4 is 0 Å². The summed E-state index contributed by atoms with van der Waals surface area (Å²) < 4.78 is 5.60. The van der Waals surface area contributed by atoms with Gasteiger partial charge in [-0.25, -0.2) is 0 Å². The van der Waals surface area contributed by atoms with Gasteiger partial charge in [0.25, 0.3) is 0 Å². The third kappa shape index (κ3) is 1.45. The highest BCUT2D eigenvalue weighted by Gasteiger charge is 2.44. The molecule has 3 atom stereocenters. The van der Waals surface area contributed by atoms with Crippen LogP contribution in [-0.2, 0) is 10.5 Å². The highest BCUT2D eigenvalue weighted by atomic mass is 16.6. The van der Waals surface area contributed by atoms with Gasteiger partial charge in [-0.05, 0) is 13.3 Å². The second-order valence-corrected chi connectivity index (χ2v) is 4.13. The van der Waals surface area contributed by atoms with Crippen LogP contribution in [-0.4, -0.2) is 11.2 Å². The van der Waals surface area contributed by atoms with Crippen LogP contribution in [0.3, 0.4) is 0 Å². The zero-order valence-corrected chi connectivity index (χ0v) is 8.60. The zero-order chi connectivity index (χ0) is 10.2. The Morgan fingerprint density at radius 1 is 1.29 bits per heavy atom. The lowest BCUT2D eigenvalue weighted by atomic mass is 9.92. The molecule has 1 unspecified atom stereocenters. The molecule has 1 heterocycles. The topological polar surface area (TPSA) is 29.5 Å². The number of ether oxygens (including phenoxy) is 1. The summed E-state index contributed by atoms with van der Waals surface area (Å²) in [5.41, 5.74) is 0.858. The first-order valence-corrected chi connectivity index (χ1v) is 5.08. The van der Waals surface area contributed by atoms with Crippen molar-refractivity contribution in [2.45, 2.75) is 32.2 Å². The average molecular weight is 192 g/mol. The first kappa shape index (κ1) is 9.69. The first-order valence-electron chi connectivity index (χ1n) is 5.08. The number of rotatable bonds is 1. The molecule has 0 aliphatic carbocycles. The molecule has 0 radical (unpaired) electrons. The van der Waals surface area contributed by atoms with Crippen molar-refractivity contribution in [3.8, 4) is 0 Å². The molecule has 1 aromatic carbocycles. The molecule has 0 spiro atoms. The summed E-state index contributed by atoms with van der Waals surface area (Å²) in [5.74, 6) is -0.930. The minimum atomic E-state index is -1.08. The maximum absolute atomic E-state index is 10.4. The summed E-state index contributed by atoms with van der Waals surface area (Å²) in [6.45, 7) is 4.02. The number of hydrogen-bond donors (Lipinski definition) is 1. The van der Waals surface area contributed by atoms with E-state index in [-0.39, 0.29) is 12.0 Å². The van der Waals surface area contributed by atoms with Crippen molar-refractivity contribution in [1.29, 1.82) is 0 Å². The molecule has 1 aliphatic rings. The van der Waals surface area contributed by atoms with E-state index in [1.165, 1.54) is 0 Å². The van der Waals surface area contributed by atoms with E-state index >= 15 is 0 Å². The molecule has 1 N–H and O–H groups in total. The fourth-order valence-electron chi connectivity index (χ4n) is 2.16. The largest absolute Gasteiger partial charge is 0.362 e. The smallest absolute Gasteiger partial charge is 0.195 e. The maximum atomic E-state index is 10.4. The average Bonchev–Trinajstić information content (AvgIpc) is 2.43. The number of benzene rings is 1. The van der Waals surface area contributed by atoms with Crippen LogP contribution in [0.25, 0.3) is 0 Å². The van der Waals surface area contributed by atoms with Crippen LogP contribution in [0.4, 0.5) is 0 Å². The maximum Gasteiger partial charge on any atom is 0.195 e. The Morgan fingerprint density at radius 3 is 2.43 bits per heavy atom. The van der Waals surface area contributed by atoms with Gasteiger partial charge in [-0.15, -0.1) is 0 Å². The molecule has 1 aromatic rings. The third-order valence-electron chi connectivity index (χ3n) is 2.92. The minimum Gasteiger partial charge on any atom is -0.362 e. The fraction of sp³-hybridized carbons (Fsp3) is 0.500. The summed E-state index contributed by atoms with van der Waals surface area (Å²) >= 11 is 0. The van der Waals surface area contributed by atoms with Gasteiger partial charge in [0.2, 0.25) is 0 Å². The molecular formula is C12H16O2. The molecule has 2 nitrogen and oxygen atoms in total. The van der Waals surface area contributed by atoms with E-state index in [1.54, 1.807) is 0 Å². The quantitative estimate of drug-likeness (QED) is 0.739. The van der Waals surface area contributed by atoms with Crippen molar-refractivity contribution in [2.24, 2.45) is 5.92 Å². The molecule has 2 rings (SSSR count). The van der Waals surface area contributed by atoms with Gasteiger partial charge in [0, 0.05) is 11.5 Å². The molecule has 0 bridgehead atoms. The van der Waals surface area contributed by atoms with E-state index in [2.05, 4.69) is 0 Å². The van der Waals surface area contributed by atoms with Gasteiger partial charge < -0.3 is 9.84 Å². The lowest BCUT2D eigenvalue weighted by molar-refractivity contribution is -0.216. The molecule has 0 aromatic heterocycles. The van der Waals surface area contributed by atoms with Gasteiger partial charge in [-0.3, -0.25) is 0 Å². The van der Waals surface area contributed by atoms with Gasteiger partial charge in [0.1, 0.15) is 0 Å². The second kappa shape index (κ2) is 3.37. The van der Waals surface area contributed by atoms with Crippen LogP contribution in [0.5, 0.6) is 0 Å². The predicted molar refractivity (Wildman–Crippen MR) is 54.7 cm³/mol. The van der Waals surface area contributed by atoms with E-state index in [9.17, 15) is 5.11 Å². The lowest BCUT2D eigenvalue weighted by Crippen LogP contribution is -2.30. The summed E-state index contributed by atoms with van der Waals surface area (Å²) in [4.78, 5) is 0. The van der Waals surface area contributed by atoms with Crippen LogP contribution in [0, 0.1) is 5.92 Å². The Hall–Kier alpha value is -0.860. The summed E-state index contributed by atoms with van der Waals surface area (Å²) in [6, 6.07) is 9.61. The van der Waals surface area contributed by atoms with Crippen LogP contribution in [0.15, 0.2) is 30.3 Å². The fourth-order valence-corrected chi connectivity index (χ4v) is 2.16. The standard InChI is InChI=1S/C12H16O2/c1-9-8-10(2)14-12(9,13)11-6-4-3-5-7-11/h3-7,9-10,13H,8H2,1-2H3/t9-,10+,12?/m1/s1. The number of aliphatic hydroxyl groups is 1. The molecule has 0 saturated carbocycles. The summed E-state index contributed by atoms with van der Waals surface area (Å²) in [6.07, 6.45) is 1.04. The Balaban J connectivity index is 2.33. The van der Waals surface area contributed by atoms with E-state index in [0.29, 0.717) is 0 Å². The Kier molecular flexibility index (Phi) is 2.33. The molecule has 1 aliphatic heterocycles. The normalized spacial score (nSPS) is 37.4. The molecular weight excluding hydrogens is 176 g/mol. The third-order valence-corrected chi connectivity index (χ3v) is 2.92. The van der Waals surface area contributed by atoms with Crippen LogP contribution in [0.2, 0.25) is 0 Å². The first-order chi connectivity index (χ1) is 6.63. The second-order valence-electron chi connectivity index (χ2n) is 4.13. The summed E-state index contributed by atoms with van der Waals surface area (Å²) in [7, 11) is 0. The van der Waals surface area contributed by atoms with E-state index in [1.807, 2.05) is 44.2 Å². The predicted octanol–water partition coefficient (Wildman–Crippen LogP) is 2.28. The molecule has 76 valence electrons. The van der Waals surface area contributed by atoms with Crippen molar-refractivity contribution in [1.82, 2.24) is 0 Å². The molecule has 14 heavy (non-hydrogen) atoms. The monoisotopic (exact) mass is 192 g/mol. The van der Waals surface area contributed by atoms with Crippen molar-refractivity contribution in [3.05, 3.63) is 35.9 Å². The van der Waals surface area contributed by atoms with Gasteiger partial charge in [0.15, 0.2) is 5.79 Å². The summed E-state index contributed by atoms with van der Waals surface area (Å²) in [5, 5.41) is 10.4. The van der Waals surface area contributed by atoms with E-state index < -0.39 is 5.79 Å². The lowest BCUT2D eigenvalue weighted by Gasteiger charge is -2.27. The van der Waals surface area contributed by atoms with Gasteiger partial charge in [0.05, 0.1) is 6.10 Å². The van der Waals surface area contributed by atoms with Crippen molar-refractivity contribution < 1.29 is 9.84 Å². The number of hydrogen-bond acceptors (Lipinski definition) is 2. The molecule has 0 amide bonds.